The molecule has 0 bridgehead atoms. The molecule has 25 heteroatoms. The summed E-state index contributed by atoms with van der Waals surface area (Å²) in [5, 5.41) is 38.9. The Bertz CT molecular complexity index is 2010. The normalized spacial score (nSPS) is 16.2. The van der Waals surface area contributed by atoms with Gasteiger partial charge in [0.2, 0.25) is 29.7 Å². The maximum atomic E-state index is 14.2. The number of unbranched alkanes of at least 4 members (excludes halogenated alkanes) is 1. The molecule has 0 aliphatic carbocycles. The molecule has 3 aromatic rings. The maximum Gasteiger partial charge on any atom is 0.303 e. The highest BCUT2D eigenvalue weighted by Gasteiger charge is 2.34. The monoisotopic (exact) mass is 940 g/mol. The first kappa shape index (κ1) is 52.4. The smallest absolute Gasteiger partial charge is 0.303 e. The first-order valence-corrected chi connectivity index (χ1v) is 23.0. The lowest BCUT2D eigenvalue weighted by Gasteiger charge is -2.38. The third kappa shape index (κ3) is 16.0. The van der Waals surface area contributed by atoms with Gasteiger partial charge in [0, 0.05) is 65.3 Å². The van der Waals surface area contributed by atoms with Gasteiger partial charge in [0.25, 0.3) is 0 Å². The van der Waals surface area contributed by atoms with Crippen LogP contribution in [-0.2, 0) is 28.6 Å². The summed E-state index contributed by atoms with van der Waals surface area (Å²) in [7, 11) is 0. The maximum absolute atomic E-state index is 14.2. The molecule has 5 heterocycles. The zero-order chi connectivity index (χ0) is 48.1. The van der Waals surface area contributed by atoms with Gasteiger partial charge in [-0.25, -0.2) is 9.36 Å². The van der Waals surface area contributed by atoms with Crippen molar-refractivity contribution in [2.24, 2.45) is 23.1 Å². The molecule has 3 aromatic heterocycles. The van der Waals surface area contributed by atoms with E-state index in [-0.39, 0.29) is 49.6 Å². The highest BCUT2D eigenvalue weighted by molar-refractivity contribution is 5.81. The van der Waals surface area contributed by atoms with E-state index in [0.717, 1.165) is 19.3 Å². The molecule has 2 saturated heterocycles. The van der Waals surface area contributed by atoms with Gasteiger partial charge in [-0.15, -0.1) is 16.6 Å². The number of carbonyl (C=O) groups excluding carboxylic acids is 2. The number of amides is 2. The molecule has 0 spiro atoms. The van der Waals surface area contributed by atoms with E-state index in [1.54, 1.807) is 15.8 Å². The number of piperazine rings is 2. The van der Waals surface area contributed by atoms with Gasteiger partial charge in [0.1, 0.15) is 24.4 Å². The summed E-state index contributed by atoms with van der Waals surface area (Å²) in [6.07, 6.45) is 11.0. The fourth-order valence-electron chi connectivity index (χ4n) is 7.62. The molecule has 25 nitrogen and oxygen atoms in total. The van der Waals surface area contributed by atoms with Gasteiger partial charge < -0.3 is 66.5 Å². The van der Waals surface area contributed by atoms with Crippen LogP contribution in [0.2, 0.25) is 0 Å². The third-order valence-corrected chi connectivity index (χ3v) is 11.3. The van der Waals surface area contributed by atoms with Crippen molar-refractivity contribution in [3.8, 4) is 12.3 Å². The molecule has 67 heavy (non-hydrogen) atoms. The minimum atomic E-state index is -1.05. The number of aromatic nitrogens is 9. The van der Waals surface area contributed by atoms with E-state index in [0.29, 0.717) is 134 Å². The Balaban J connectivity index is 1.26. The predicted molar refractivity (Wildman–Crippen MR) is 245 cm³/mol. The van der Waals surface area contributed by atoms with E-state index >= 15 is 0 Å². The number of aliphatic hydroxyl groups excluding tert-OH is 1. The molecular weight excluding hydrogens is 871 g/mol. The Morgan fingerprint density at radius 2 is 1.28 bits per heavy atom. The summed E-state index contributed by atoms with van der Waals surface area (Å²) in [4.78, 5) is 61.6. The van der Waals surface area contributed by atoms with Crippen LogP contribution in [0.25, 0.3) is 0 Å². The van der Waals surface area contributed by atoms with Gasteiger partial charge >= 0.3 is 5.97 Å². The Morgan fingerprint density at radius 1 is 0.761 bits per heavy atom. The molecule has 2 unspecified atom stereocenters. The average molecular weight is 940 g/mol. The quantitative estimate of drug-likeness (QED) is 0.0358. The molecule has 2 fully saturated rings. The van der Waals surface area contributed by atoms with Crippen molar-refractivity contribution in [2.45, 2.75) is 76.5 Å². The van der Waals surface area contributed by atoms with Crippen LogP contribution in [0, 0.1) is 18.3 Å². The molecule has 0 saturated carbocycles. The van der Waals surface area contributed by atoms with E-state index < -0.39 is 24.1 Å². The number of carboxylic acid groups (broad SMARTS) is 1. The predicted octanol–water partition coefficient (Wildman–Crippen LogP) is -1.04. The largest absolute Gasteiger partial charge is 0.481 e. The van der Waals surface area contributed by atoms with E-state index in [1.807, 2.05) is 14.7 Å². The molecule has 2 amide bonds. The fraction of sp³-hybridized carbons (Fsp3) is 0.714. The number of nitrogens with one attached hydrogen (secondary N) is 1. The second-order valence-corrected chi connectivity index (χ2v) is 16.8. The number of nitrogens with two attached hydrogens (primary N) is 3. The number of carboxylic acids is 1. The lowest BCUT2D eigenvalue weighted by molar-refractivity contribution is -0.139. The lowest BCUT2D eigenvalue weighted by atomic mass is 10.0. The number of terminal acetylenes is 1. The van der Waals surface area contributed by atoms with Crippen LogP contribution in [0.1, 0.15) is 87.9 Å². The SMILES string of the molecule is C#CCOCCOCCOCCNc1nc(N2CCN(C(=O)[C@H](CCC(=O)O)n3cc(C(N)CO)nn3)CC2)nc(N2CCN(C(=O)[C@H](CCCCN)n3cc(C(N)CC(C)C)nn3)CC2)n1. The first-order valence-electron chi connectivity index (χ1n) is 23.0. The van der Waals surface area contributed by atoms with Gasteiger partial charge in [-0.05, 0) is 44.6 Å². The second-order valence-electron chi connectivity index (χ2n) is 16.8. The molecule has 370 valence electrons. The molecule has 0 radical (unpaired) electrons. The lowest BCUT2D eigenvalue weighted by Crippen LogP contribution is -2.52. The molecule has 9 N–H and O–H groups in total. The number of nitrogens with zero attached hydrogens (tertiary/aromatic N) is 13. The third-order valence-electron chi connectivity index (χ3n) is 11.3. The number of aliphatic carboxylic acids is 1. The van der Waals surface area contributed by atoms with Crippen LogP contribution < -0.4 is 32.3 Å². The number of ether oxygens (including phenoxy) is 3. The number of hydrogen-bond acceptors (Lipinski definition) is 20. The highest BCUT2D eigenvalue weighted by Crippen LogP contribution is 2.25. The summed E-state index contributed by atoms with van der Waals surface area (Å²) in [5.74, 6) is 2.53. The minimum absolute atomic E-state index is 0.0153. The molecule has 2 aliphatic heterocycles. The van der Waals surface area contributed by atoms with Gasteiger partial charge in [-0.2, -0.15) is 15.0 Å². The van der Waals surface area contributed by atoms with Crippen molar-refractivity contribution in [1.82, 2.24) is 54.7 Å². The van der Waals surface area contributed by atoms with Crippen LogP contribution in [0.3, 0.4) is 0 Å². The summed E-state index contributed by atoms with van der Waals surface area (Å²) < 4.78 is 19.4. The zero-order valence-electron chi connectivity index (χ0n) is 38.8. The van der Waals surface area contributed by atoms with Crippen LogP contribution in [0.5, 0.6) is 0 Å². The highest BCUT2D eigenvalue weighted by atomic mass is 16.5. The zero-order valence-corrected chi connectivity index (χ0v) is 38.8. The number of hydrogen-bond donors (Lipinski definition) is 6. The summed E-state index contributed by atoms with van der Waals surface area (Å²) >= 11 is 0. The van der Waals surface area contributed by atoms with Crippen LogP contribution in [0.15, 0.2) is 12.4 Å². The van der Waals surface area contributed by atoms with Crippen molar-refractivity contribution in [3.05, 3.63) is 23.8 Å². The van der Waals surface area contributed by atoms with Crippen molar-refractivity contribution in [3.63, 3.8) is 0 Å². The Morgan fingerprint density at radius 3 is 1.79 bits per heavy atom. The Hall–Kier alpha value is -5.62. The Kier molecular flexibility index (Phi) is 21.3. The molecule has 2 aliphatic rings. The average Bonchev–Trinajstić information content (AvgIpc) is 4.03. The number of aliphatic hydroxyl groups is 1. The van der Waals surface area contributed by atoms with E-state index in [2.05, 4.69) is 45.7 Å². The number of carbonyl (C=O) groups is 3. The van der Waals surface area contributed by atoms with Gasteiger partial charge in [0.15, 0.2) is 0 Å². The fourth-order valence-corrected chi connectivity index (χ4v) is 7.62. The van der Waals surface area contributed by atoms with Crippen LogP contribution in [0.4, 0.5) is 17.8 Å². The van der Waals surface area contributed by atoms with E-state index in [4.69, 9.17) is 52.8 Å². The van der Waals surface area contributed by atoms with E-state index in [1.165, 1.54) is 10.9 Å². The van der Waals surface area contributed by atoms with Gasteiger partial charge in [-0.1, -0.05) is 30.2 Å². The van der Waals surface area contributed by atoms with Crippen LogP contribution in [-0.4, -0.2) is 194 Å². The number of anilines is 3. The first-order chi connectivity index (χ1) is 32.4. The summed E-state index contributed by atoms with van der Waals surface area (Å²) in [5.41, 5.74) is 19.1. The van der Waals surface area contributed by atoms with Crippen molar-refractivity contribution in [1.29, 1.82) is 0 Å². The number of rotatable bonds is 29. The summed E-state index contributed by atoms with van der Waals surface area (Å²) in [6.45, 7) is 9.97. The molecule has 5 rings (SSSR count). The van der Waals surface area contributed by atoms with Gasteiger partial charge in [-0.3, -0.25) is 14.4 Å². The standard InChI is InChI=1S/C42H69N17O8/c1-4-20-65-22-24-67-25-23-66-21-11-46-40-47-41(56-16-12-54(13-17-56)38(63)35(7-5-6-10-43)58-27-33(50-52-58)31(44)26-30(2)3)49-42(48-40)57-18-14-55(15-19-57)39(64)36(8-9-37(61)62)59-28-34(51-53-59)32(45)29-60/h1,27-28,30-32,35-36,60H,5-26,29,43-45H2,2-3H3,(H,61,62)(H,46,47,48,49)/t31?,32?,35-,36-/m0/s1. The minimum Gasteiger partial charge on any atom is -0.481 e. The Labute approximate surface area is 391 Å². The molecule has 0 aromatic carbocycles. The second kappa shape index (κ2) is 27.3. The van der Waals surface area contributed by atoms with Gasteiger partial charge in [0.05, 0.1) is 69.8 Å². The van der Waals surface area contributed by atoms with E-state index in [9.17, 15) is 24.6 Å². The topological polar surface area (TPSA) is 322 Å². The van der Waals surface area contributed by atoms with Crippen molar-refractivity contribution in [2.75, 3.05) is 127 Å². The van der Waals surface area contributed by atoms with Crippen LogP contribution >= 0.6 is 0 Å². The van der Waals surface area contributed by atoms with Crippen molar-refractivity contribution >= 4 is 35.6 Å². The molecule has 4 atom stereocenters. The summed E-state index contributed by atoms with van der Waals surface area (Å²) in [6, 6.07) is -2.57. The molecular formula is C42H69N17O8. The van der Waals surface area contributed by atoms with Crippen molar-refractivity contribution < 1.29 is 38.8 Å².